The molecule has 0 N–H and O–H groups in total. The van der Waals surface area contributed by atoms with Gasteiger partial charge in [-0.15, -0.1) is 0 Å². The second-order valence-electron chi connectivity index (χ2n) is 2.96. The Morgan fingerprint density at radius 2 is 2.07 bits per heavy atom. The third-order valence-electron chi connectivity index (χ3n) is 1.90. The zero-order chi connectivity index (χ0) is 11.3. The van der Waals surface area contributed by atoms with Crippen molar-refractivity contribution in [3.8, 4) is 11.9 Å². The van der Waals surface area contributed by atoms with Crippen LogP contribution in [-0.4, -0.2) is 30.0 Å². The Morgan fingerprint density at radius 3 is 2.60 bits per heavy atom. The van der Waals surface area contributed by atoms with E-state index in [2.05, 4.69) is 9.97 Å². The topological polar surface area (TPSA) is 61.3 Å². The zero-order valence-corrected chi connectivity index (χ0v) is 9.11. The van der Waals surface area contributed by atoms with Crippen LogP contribution in [0.1, 0.15) is 19.0 Å². The second-order valence-corrected chi connectivity index (χ2v) is 2.96. The molecular weight excluding hydrogens is 196 g/mol. The lowest BCUT2D eigenvalue weighted by atomic mass is 10.2. The molecule has 0 amide bonds. The van der Waals surface area contributed by atoms with Crippen LogP contribution in [0, 0.1) is 0 Å². The molecule has 0 fully saturated rings. The number of carbonyl (C=O) groups is 1. The molecule has 82 valence electrons. The molecule has 15 heavy (non-hydrogen) atoms. The monoisotopic (exact) mass is 210 g/mol. The summed E-state index contributed by atoms with van der Waals surface area (Å²) in [5, 5.41) is 0. The van der Waals surface area contributed by atoms with Gasteiger partial charge in [-0.2, -0.15) is 9.97 Å². The van der Waals surface area contributed by atoms with E-state index in [0.29, 0.717) is 18.0 Å². The third kappa shape index (κ3) is 3.19. The molecule has 0 saturated carbocycles. The van der Waals surface area contributed by atoms with Gasteiger partial charge in [-0.25, -0.2) is 0 Å². The van der Waals surface area contributed by atoms with Gasteiger partial charge in [0.05, 0.1) is 19.9 Å². The number of aromatic nitrogens is 2. The van der Waals surface area contributed by atoms with Crippen molar-refractivity contribution in [2.24, 2.45) is 0 Å². The lowest BCUT2D eigenvalue weighted by Gasteiger charge is -2.04. The van der Waals surface area contributed by atoms with Gasteiger partial charge in [0.15, 0.2) is 0 Å². The molecule has 5 heteroatoms. The molecule has 0 radical (unpaired) electrons. The van der Waals surface area contributed by atoms with E-state index in [0.717, 1.165) is 0 Å². The van der Waals surface area contributed by atoms with Gasteiger partial charge in [-0.1, -0.05) is 6.92 Å². The standard InChI is InChI=1S/C10H14N2O3/c1-4-8(13)5-7-6-9(14-2)12-10(11-7)15-3/h6H,4-5H2,1-3H3. The minimum atomic E-state index is 0.123. The van der Waals surface area contributed by atoms with E-state index in [4.69, 9.17) is 9.47 Å². The highest BCUT2D eigenvalue weighted by atomic mass is 16.5. The minimum absolute atomic E-state index is 0.123. The summed E-state index contributed by atoms with van der Waals surface area (Å²) >= 11 is 0. The summed E-state index contributed by atoms with van der Waals surface area (Å²) in [7, 11) is 2.98. The van der Waals surface area contributed by atoms with Gasteiger partial charge < -0.3 is 9.47 Å². The summed E-state index contributed by atoms with van der Waals surface area (Å²) in [6.45, 7) is 1.82. The lowest BCUT2D eigenvalue weighted by Crippen LogP contribution is -2.05. The van der Waals surface area contributed by atoms with Crippen LogP contribution in [0.25, 0.3) is 0 Å². The quantitative estimate of drug-likeness (QED) is 0.726. The Balaban J connectivity index is 2.91. The van der Waals surface area contributed by atoms with Crippen LogP contribution in [0.4, 0.5) is 0 Å². The fourth-order valence-electron chi connectivity index (χ4n) is 1.06. The summed E-state index contributed by atoms with van der Waals surface area (Å²) in [6, 6.07) is 1.85. The number of ether oxygens (including phenoxy) is 2. The molecule has 0 saturated heterocycles. The van der Waals surface area contributed by atoms with Crippen LogP contribution in [0.15, 0.2) is 6.07 Å². The molecule has 1 rings (SSSR count). The van der Waals surface area contributed by atoms with E-state index < -0.39 is 0 Å². The van der Waals surface area contributed by atoms with Gasteiger partial charge in [-0.05, 0) is 0 Å². The lowest BCUT2D eigenvalue weighted by molar-refractivity contribution is -0.118. The average molecular weight is 210 g/mol. The SMILES string of the molecule is CCC(=O)Cc1cc(OC)nc(OC)n1. The number of hydrogen-bond donors (Lipinski definition) is 0. The van der Waals surface area contributed by atoms with Crippen LogP contribution in [0.5, 0.6) is 11.9 Å². The minimum Gasteiger partial charge on any atom is -0.481 e. The molecule has 0 aromatic carbocycles. The van der Waals surface area contributed by atoms with Gasteiger partial charge in [0.25, 0.3) is 0 Å². The van der Waals surface area contributed by atoms with Gasteiger partial charge in [0.1, 0.15) is 5.78 Å². The fraction of sp³-hybridized carbons (Fsp3) is 0.500. The van der Waals surface area contributed by atoms with E-state index in [1.807, 2.05) is 6.92 Å². The number of methoxy groups -OCH3 is 2. The van der Waals surface area contributed by atoms with Crippen LogP contribution in [-0.2, 0) is 11.2 Å². The molecule has 0 spiro atoms. The Labute approximate surface area is 88.4 Å². The predicted octanol–water partition coefficient (Wildman–Crippen LogP) is 1.02. The summed E-state index contributed by atoms with van der Waals surface area (Å²) in [4.78, 5) is 19.2. The van der Waals surface area contributed by atoms with Crippen molar-refractivity contribution in [1.82, 2.24) is 9.97 Å². The Hall–Kier alpha value is -1.65. The molecule has 1 aromatic heterocycles. The number of hydrogen-bond acceptors (Lipinski definition) is 5. The first-order valence-corrected chi connectivity index (χ1v) is 4.67. The summed E-state index contributed by atoms with van der Waals surface area (Å²) in [5.74, 6) is 0.526. The van der Waals surface area contributed by atoms with E-state index in [9.17, 15) is 4.79 Å². The van der Waals surface area contributed by atoms with Crippen molar-refractivity contribution in [3.63, 3.8) is 0 Å². The zero-order valence-electron chi connectivity index (χ0n) is 9.11. The van der Waals surface area contributed by atoms with Crippen molar-refractivity contribution in [2.45, 2.75) is 19.8 Å². The van der Waals surface area contributed by atoms with Crippen LogP contribution < -0.4 is 9.47 Å². The highest BCUT2D eigenvalue weighted by Crippen LogP contribution is 2.14. The highest BCUT2D eigenvalue weighted by molar-refractivity contribution is 5.80. The first-order chi connectivity index (χ1) is 7.19. The van der Waals surface area contributed by atoms with Gasteiger partial charge in [0.2, 0.25) is 5.88 Å². The maximum atomic E-state index is 11.2. The molecule has 0 aliphatic carbocycles. The van der Waals surface area contributed by atoms with Crippen LogP contribution in [0.3, 0.4) is 0 Å². The number of Topliss-reactive ketones (excluding diaryl/α,β-unsaturated/α-hetero) is 1. The second kappa shape index (κ2) is 5.29. The van der Waals surface area contributed by atoms with Crippen molar-refractivity contribution in [1.29, 1.82) is 0 Å². The molecule has 5 nitrogen and oxygen atoms in total. The Bertz CT molecular complexity index is 330. The molecule has 0 bridgehead atoms. The molecular formula is C10H14N2O3. The van der Waals surface area contributed by atoms with Crippen LogP contribution in [0.2, 0.25) is 0 Å². The van der Waals surface area contributed by atoms with Crippen LogP contribution >= 0.6 is 0 Å². The smallest absolute Gasteiger partial charge is 0.319 e. The number of nitrogens with zero attached hydrogens (tertiary/aromatic N) is 2. The van der Waals surface area contributed by atoms with Crippen molar-refractivity contribution >= 4 is 5.78 Å². The van der Waals surface area contributed by atoms with Crippen molar-refractivity contribution in [3.05, 3.63) is 11.8 Å². The maximum absolute atomic E-state index is 11.2. The van der Waals surface area contributed by atoms with Gasteiger partial charge >= 0.3 is 6.01 Å². The van der Waals surface area contributed by atoms with E-state index in [1.165, 1.54) is 14.2 Å². The fourth-order valence-corrected chi connectivity index (χ4v) is 1.06. The van der Waals surface area contributed by atoms with Gasteiger partial charge in [0, 0.05) is 18.9 Å². The van der Waals surface area contributed by atoms with Crippen molar-refractivity contribution < 1.29 is 14.3 Å². The maximum Gasteiger partial charge on any atom is 0.319 e. The number of carbonyl (C=O) groups excluding carboxylic acids is 1. The molecule has 1 heterocycles. The predicted molar refractivity (Wildman–Crippen MR) is 54.1 cm³/mol. The first kappa shape index (κ1) is 11.4. The summed E-state index contributed by atoms with van der Waals surface area (Å²) < 4.78 is 9.87. The van der Waals surface area contributed by atoms with Crippen molar-refractivity contribution in [2.75, 3.05) is 14.2 Å². The average Bonchev–Trinajstić information content (AvgIpc) is 2.28. The Morgan fingerprint density at radius 1 is 1.33 bits per heavy atom. The molecule has 1 aromatic rings. The summed E-state index contributed by atoms with van der Waals surface area (Å²) in [5.41, 5.74) is 0.616. The molecule has 0 aliphatic rings. The first-order valence-electron chi connectivity index (χ1n) is 4.67. The number of ketones is 1. The van der Waals surface area contributed by atoms with E-state index in [1.54, 1.807) is 6.07 Å². The third-order valence-corrected chi connectivity index (χ3v) is 1.90. The largest absolute Gasteiger partial charge is 0.481 e. The molecule has 0 unspecified atom stereocenters. The number of rotatable bonds is 5. The Kier molecular flexibility index (Phi) is 4.03. The normalized spacial score (nSPS) is 9.80. The molecule has 0 atom stereocenters. The van der Waals surface area contributed by atoms with E-state index >= 15 is 0 Å². The van der Waals surface area contributed by atoms with E-state index in [-0.39, 0.29) is 18.2 Å². The molecule has 0 aliphatic heterocycles. The highest BCUT2D eigenvalue weighted by Gasteiger charge is 2.08. The summed E-state index contributed by atoms with van der Waals surface area (Å²) in [6.07, 6.45) is 0.778. The van der Waals surface area contributed by atoms with Gasteiger partial charge in [-0.3, -0.25) is 4.79 Å².